The minimum absolute atomic E-state index is 0.186. The van der Waals surface area contributed by atoms with Gasteiger partial charge in [0, 0.05) is 13.1 Å². The van der Waals surface area contributed by atoms with Crippen molar-refractivity contribution in [1.29, 1.82) is 0 Å². The number of aliphatic imine (C=N–C) groups is 1. The standard InChI is InChI=1S/C26H35FN4O3S/c1-16-20(35-15-29-16)18-9-7-17(8-10-18)14-28-22(32)19-6-5-13-31(19)23(33)21(25(2,3)4)30-24(34)26(27)11-12-26/h7-10,15-16,19-21H,5-6,11-14H2,1-4H3,(H,28,32)(H,30,34). The second kappa shape index (κ2) is 9.91. The summed E-state index contributed by atoms with van der Waals surface area (Å²) < 4.78 is 14.3. The van der Waals surface area contributed by atoms with Crippen LogP contribution in [0.4, 0.5) is 4.39 Å². The lowest BCUT2D eigenvalue weighted by Crippen LogP contribution is -2.58. The number of hydrogen-bond acceptors (Lipinski definition) is 5. The Morgan fingerprint density at radius 1 is 1.23 bits per heavy atom. The van der Waals surface area contributed by atoms with Crippen LogP contribution >= 0.6 is 11.8 Å². The average molecular weight is 503 g/mol. The Kier molecular flexibility index (Phi) is 7.27. The summed E-state index contributed by atoms with van der Waals surface area (Å²) >= 11 is 1.71. The van der Waals surface area contributed by atoms with Gasteiger partial charge in [0.25, 0.3) is 5.91 Å². The Bertz CT molecular complexity index is 1000. The predicted octanol–water partition coefficient (Wildman–Crippen LogP) is 3.53. The number of nitrogens with one attached hydrogen (secondary N) is 2. The van der Waals surface area contributed by atoms with E-state index in [-0.39, 0.29) is 30.7 Å². The summed E-state index contributed by atoms with van der Waals surface area (Å²) in [5.74, 6) is -1.27. The third-order valence-electron chi connectivity index (χ3n) is 7.04. The van der Waals surface area contributed by atoms with Crippen LogP contribution in [-0.4, -0.2) is 58.5 Å². The van der Waals surface area contributed by atoms with E-state index in [1.807, 2.05) is 38.5 Å². The highest BCUT2D eigenvalue weighted by Crippen LogP contribution is 2.40. The number of hydrogen-bond donors (Lipinski definition) is 2. The zero-order valence-electron chi connectivity index (χ0n) is 20.8. The van der Waals surface area contributed by atoms with Gasteiger partial charge in [0.1, 0.15) is 12.1 Å². The van der Waals surface area contributed by atoms with Crippen LogP contribution in [0.5, 0.6) is 0 Å². The topological polar surface area (TPSA) is 90.9 Å². The normalized spacial score (nSPS) is 25.9. The lowest BCUT2D eigenvalue weighted by molar-refractivity contribution is -0.144. The Morgan fingerprint density at radius 3 is 2.49 bits per heavy atom. The van der Waals surface area contributed by atoms with E-state index < -0.39 is 29.1 Å². The molecular formula is C26H35FN4O3S. The van der Waals surface area contributed by atoms with E-state index in [9.17, 15) is 18.8 Å². The lowest BCUT2D eigenvalue weighted by Gasteiger charge is -2.35. The largest absolute Gasteiger partial charge is 0.350 e. The summed E-state index contributed by atoms with van der Waals surface area (Å²) in [6, 6.07) is 6.91. The summed E-state index contributed by atoms with van der Waals surface area (Å²) in [6.07, 6.45) is 1.64. The molecule has 4 atom stereocenters. The van der Waals surface area contributed by atoms with Crippen LogP contribution in [0.3, 0.4) is 0 Å². The van der Waals surface area contributed by atoms with Crippen LogP contribution in [0.25, 0.3) is 0 Å². The van der Waals surface area contributed by atoms with E-state index in [0.717, 1.165) is 5.56 Å². The molecule has 4 unspecified atom stereocenters. The SMILES string of the molecule is CC1N=CSC1c1ccc(CNC(=O)C2CCCN2C(=O)C(NC(=O)C2(F)CC2)C(C)(C)C)cc1. The van der Waals surface area contributed by atoms with Gasteiger partial charge in [0.05, 0.1) is 16.8 Å². The molecular weight excluding hydrogens is 467 g/mol. The van der Waals surface area contributed by atoms with Crippen molar-refractivity contribution in [2.45, 2.75) is 89.0 Å². The maximum Gasteiger partial charge on any atom is 0.258 e. The fraction of sp³-hybridized carbons (Fsp3) is 0.615. The Balaban J connectivity index is 1.36. The van der Waals surface area contributed by atoms with E-state index in [1.165, 1.54) is 5.56 Å². The Labute approximate surface area is 210 Å². The lowest BCUT2D eigenvalue weighted by atomic mass is 9.85. The number of amides is 3. The molecule has 2 aliphatic heterocycles. The summed E-state index contributed by atoms with van der Waals surface area (Å²) in [5.41, 5.74) is 1.60. The smallest absolute Gasteiger partial charge is 0.258 e. The molecule has 0 bridgehead atoms. The molecule has 9 heteroatoms. The number of alkyl halides is 1. The minimum atomic E-state index is -1.86. The minimum Gasteiger partial charge on any atom is -0.350 e. The number of carbonyl (C=O) groups excluding carboxylic acids is 3. The monoisotopic (exact) mass is 502 g/mol. The molecule has 3 amide bonds. The van der Waals surface area contributed by atoms with E-state index >= 15 is 0 Å². The van der Waals surface area contributed by atoms with E-state index in [0.29, 0.717) is 31.2 Å². The molecule has 35 heavy (non-hydrogen) atoms. The quantitative estimate of drug-likeness (QED) is 0.597. The van der Waals surface area contributed by atoms with Gasteiger partial charge in [-0.1, -0.05) is 45.0 Å². The van der Waals surface area contributed by atoms with Crippen molar-refractivity contribution in [3.8, 4) is 0 Å². The van der Waals surface area contributed by atoms with Gasteiger partial charge in [0.2, 0.25) is 11.8 Å². The number of thioether (sulfide) groups is 1. The number of nitrogens with zero attached hydrogens (tertiary/aromatic N) is 2. The zero-order chi connectivity index (χ0) is 25.4. The van der Waals surface area contributed by atoms with Gasteiger partial charge in [-0.2, -0.15) is 0 Å². The molecule has 1 saturated heterocycles. The number of rotatable bonds is 7. The van der Waals surface area contributed by atoms with Crippen LogP contribution in [0, 0.1) is 5.41 Å². The highest BCUT2D eigenvalue weighted by Gasteiger charge is 2.53. The van der Waals surface area contributed by atoms with Crippen LogP contribution < -0.4 is 10.6 Å². The van der Waals surface area contributed by atoms with Gasteiger partial charge in [-0.3, -0.25) is 19.4 Å². The number of benzene rings is 1. The Morgan fingerprint density at radius 2 is 1.91 bits per heavy atom. The summed E-state index contributed by atoms with van der Waals surface area (Å²) in [6.45, 7) is 8.40. The first kappa shape index (κ1) is 25.7. The second-order valence-corrected chi connectivity index (χ2v) is 11.9. The van der Waals surface area contributed by atoms with Gasteiger partial charge < -0.3 is 15.5 Å². The number of likely N-dealkylation sites (tertiary alicyclic amines) is 1. The molecule has 2 heterocycles. The van der Waals surface area contributed by atoms with E-state index in [4.69, 9.17) is 0 Å². The molecule has 3 aliphatic rings. The van der Waals surface area contributed by atoms with Crippen molar-refractivity contribution < 1.29 is 18.8 Å². The molecule has 2 fully saturated rings. The third kappa shape index (κ3) is 5.71. The molecule has 0 radical (unpaired) electrons. The van der Waals surface area contributed by atoms with Gasteiger partial charge in [-0.05, 0) is 49.1 Å². The maximum atomic E-state index is 14.3. The molecule has 4 rings (SSSR count). The van der Waals surface area contributed by atoms with E-state index in [2.05, 4.69) is 34.7 Å². The summed E-state index contributed by atoms with van der Waals surface area (Å²) in [5, 5.41) is 5.92. The van der Waals surface area contributed by atoms with Crippen LogP contribution in [-0.2, 0) is 20.9 Å². The molecule has 1 aliphatic carbocycles. The fourth-order valence-corrected chi connectivity index (χ4v) is 5.60. The molecule has 0 spiro atoms. The molecule has 7 nitrogen and oxygen atoms in total. The van der Waals surface area contributed by atoms with Crippen molar-refractivity contribution >= 4 is 35.0 Å². The van der Waals surface area contributed by atoms with Crippen molar-refractivity contribution in [3.63, 3.8) is 0 Å². The van der Waals surface area contributed by atoms with Crippen molar-refractivity contribution in [2.75, 3.05) is 6.54 Å². The van der Waals surface area contributed by atoms with Gasteiger partial charge in [0.15, 0.2) is 5.67 Å². The van der Waals surface area contributed by atoms with Crippen molar-refractivity contribution in [2.24, 2.45) is 10.4 Å². The fourth-order valence-electron chi connectivity index (χ4n) is 4.59. The Hall–Kier alpha value is -2.42. The van der Waals surface area contributed by atoms with Crippen molar-refractivity contribution in [3.05, 3.63) is 35.4 Å². The first-order valence-corrected chi connectivity index (χ1v) is 13.3. The van der Waals surface area contributed by atoms with Crippen LogP contribution in [0.15, 0.2) is 29.3 Å². The summed E-state index contributed by atoms with van der Waals surface area (Å²) in [4.78, 5) is 44.8. The molecule has 1 aromatic carbocycles. The van der Waals surface area contributed by atoms with E-state index in [1.54, 1.807) is 16.7 Å². The molecule has 2 N–H and O–H groups in total. The molecule has 1 saturated carbocycles. The first-order valence-electron chi connectivity index (χ1n) is 12.3. The van der Waals surface area contributed by atoms with Gasteiger partial charge in [-0.15, -0.1) is 11.8 Å². The summed E-state index contributed by atoms with van der Waals surface area (Å²) in [7, 11) is 0. The average Bonchev–Trinajstić information content (AvgIpc) is 3.20. The number of halogens is 1. The highest BCUT2D eigenvalue weighted by molar-refractivity contribution is 8.12. The maximum absolute atomic E-state index is 14.3. The molecule has 0 aromatic heterocycles. The van der Waals surface area contributed by atoms with Gasteiger partial charge >= 0.3 is 0 Å². The zero-order valence-corrected chi connectivity index (χ0v) is 21.7. The van der Waals surface area contributed by atoms with Crippen LogP contribution in [0.1, 0.15) is 69.8 Å². The third-order valence-corrected chi connectivity index (χ3v) is 8.24. The number of carbonyl (C=O) groups is 3. The van der Waals surface area contributed by atoms with Crippen molar-refractivity contribution in [1.82, 2.24) is 15.5 Å². The molecule has 1 aromatic rings. The molecule has 190 valence electrons. The second-order valence-electron chi connectivity index (χ2n) is 10.9. The first-order chi connectivity index (χ1) is 16.5. The van der Waals surface area contributed by atoms with Gasteiger partial charge in [-0.25, -0.2) is 4.39 Å². The highest BCUT2D eigenvalue weighted by atomic mass is 32.2. The van der Waals surface area contributed by atoms with Crippen LogP contribution in [0.2, 0.25) is 0 Å². The predicted molar refractivity (Wildman–Crippen MR) is 136 cm³/mol.